The van der Waals surface area contributed by atoms with Crippen molar-refractivity contribution in [1.82, 2.24) is 4.57 Å². The van der Waals surface area contributed by atoms with Gasteiger partial charge >= 0.3 is 12.1 Å². The van der Waals surface area contributed by atoms with Crippen LogP contribution in [-0.4, -0.2) is 21.6 Å². The summed E-state index contributed by atoms with van der Waals surface area (Å²) in [5.41, 5.74) is -0.526. The first kappa shape index (κ1) is 18.9. The summed E-state index contributed by atoms with van der Waals surface area (Å²) >= 11 is 1.11. The van der Waals surface area contributed by atoms with E-state index in [0.29, 0.717) is 5.69 Å². The summed E-state index contributed by atoms with van der Waals surface area (Å²) < 4.78 is 39.7. The van der Waals surface area contributed by atoms with Gasteiger partial charge in [0.25, 0.3) is 5.91 Å². The molecule has 1 aromatic carbocycles. The largest absolute Gasteiger partial charge is 0.480 e. The van der Waals surface area contributed by atoms with Crippen LogP contribution in [0.4, 0.5) is 13.2 Å². The number of aromatic nitrogens is 1. The summed E-state index contributed by atoms with van der Waals surface area (Å²) in [7, 11) is 0. The van der Waals surface area contributed by atoms with Crippen molar-refractivity contribution in [3.05, 3.63) is 50.8 Å². The smallest absolute Gasteiger partial charge is 0.416 e. The highest BCUT2D eigenvalue weighted by Crippen LogP contribution is 2.29. The number of hydrogen-bond donors (Lipinski definition) is 1. The van der Waals surface area contributed by atoms with Crippen molar-refractivity contribution in [2.45, 2.75) is 33.0 Å². The molecule has 1 aromatic heterocycles. The molecule has 2 aromatic rings. The first-order chi connectivity index (χ1) is 11.5. The number of amides is 1. The Bertz CT molecular complexity index is 897. The first-order valence-corrected chi connectivity index (χ1v) is 8.01. The maximum absolute atomic E-state index is 12.8. The highest BCUT2D eigenvalue weighted by Gasteiger charge is 2.31. The van der Waals surface area contributed by atoms with Gasteiger partial charge in [-0.3, -0.25) is 4.79 Å². The summed E-state index contributed by atoms with van der Waals surface area (Å²) in [5, 5.41) is 9.20. The van der Waals surface area contributed by atoms with Crippen molar-refractivity contribution in [3.63, 3.8) is 0 Å². The molecular formula is C16H15F3N2O3S. The second-order valence-corrected chi connectivity index (χ2v) is 6.59. The Labute approximate surface area is 145 Å². The molecule has 0 radical (unpaired) electrons. The van der Waals surface area contributed by atoms with Gasteiger partial charge in [0, 0.05) is 16.1 Å². The van der Waals surface area contributed by atoms with Gasteiger partial charge in [-0.15, -0.1) is 11.3 Å². The summed E-state index contributed by atoms with van der Waals surface area (Å²) in [6, 6.07) is 2.99. The molecule has 5 nitrogen and oxygen atoms in total. The Morgan fingerprint density at radius 1 is 1.28 bits per heavy atom. The van der Waals surface area contributed by atoms with Crippen LogP contribution in [0.15, 0.2) is 29.3 Å². The molecule has 9 heteroatoms. The van der Waals surface area contributed by atoms with Crippen LogP contribution in [0.5, 0.6) is 0 Å². The van der Waals surface area contributed by atoms with E-state index in [1.165, 1.54) is 17.6 Å². The van der Waals surface area contributed by atoms with Crippen LogP contribution in [-0.2, 0) is 11.0 Å². The summed E-state index contributed by atoms with van der Waals surface area (Å²) in [5.74, 6) is -1.97. The lowest BCUT2D eigenvalue weighted by molar-refractivity contribution is -0.140. The molecule has 0 aliphatic carbocycles. The molecular weight excluding hydrogens is 357 g/mol. The number of aryl methyl sites for hydroxylation is 1. The summed E-state index contributed by atoms with van der Waals surface area (Å²) in [6.45, 7) is 4.88. The first-order valence-electron chi connectivity index (χ1n) is 7.20. The van der Waals surface area contributed by atoms with Crippen molar-refractivity contribution in [3.8, 4) is 0 Å². The molecule has 25 heavy (non-hydrogen) atoms. The number of nitrogens with zero attached hydrogens (tertiary/aromatic N) is 2. The molecule has 134 valence electrons. The standard InChI is InChI=1S/C16H15F3N2O3S/c1-8-10(3)25-15(21(8)9(2)14(23)24)20-13(22)11-5-4-6-12(7-11)16(17,18)19/h4-7,9H,1-3H3,(H,23,24). The number of alkyl halides is 3. The van der Waals surface area contributed by atoms with Crippen molar-refractivity contribution in [2.24, 2.45) is 4.99 Å². The van der Waals surface area contributed by atoms with Crippen LogP contribution in [0.3, 0.4) is 0 Å². The highest BCUT2D eigenvalue weighted by atomic mass is 32.1. The summed E-state index contributed by atoms with van der Waals surface area (Å²) in [6.07, 6.45) is -4.57. The van der Waals surface area contributed by atoms with E-state index >= 15 is 0 Å². The molecule has 0 saturated carbocycles. The molecule has 0 fully saturated rings. The Morgan fingerprint density at radius 3 is 2.48 bits per heavy atom. The molecule has 1 N–H and O–H groups in total. The third-order valence-corrected chi connectivity index (χ3v) is 4.77. The van der Waals surface area contributed by atoms with Gasteiger partial charge in [-0.1, -0.05) is 6.07 Å². The zero-order valence-corrected chi connectivity index (χ0v) is 14.4. The highest BCUT2D eigenvalue weighted by molar-refractivity contribution is 7.09. The number of thiazole rings is 1. The SMILES string of the molecule is Cc1sc(=NC(=O)c2cccc(C(F)(F)F)c2)n(C(C)C(=O)O)c1C. The quantitative estimate of drug-likeness (QED) is 0.895. The van der Waals surface area contributed by atoms with Crippen LogP contribution in [0.25, 0.3) is 0 Å². The van der Waals surface area contributed by atoms with E-state index in [1.807, 2.05) is 0 Å². The second-order valence-electron chi connectivity index (χ2n) is 5.41. The van der Waals surface area contributed by atoms with Crippen molar-refractivity contribution in [2.75, 3.05) is 0 Å². The molecule has 2 rings (SSSR count). The number of carbonyl (C=O) groups is 2. The number of aliphatic carboxylic acids is 1. The van der Waals surface area contributed by atoms with Gasteiger partial charge in [-0.25, -0.2) is 4.79 Å². The molecule has 0 aliphatic rings. The fraction of sp³-hybridized carbons (Fsp3) is 0.312. The van der Waals surface area contributed by atoms with Gasteiger partial charge < -0.3 is 9.67 Å². The predicted octanol–water partition coefficient (Wildman–Crippen LogP) is 3.57. The second kappa shape index (κ2) is 6.83. The minimum absolute atomic E-state index is 0.132. The molecule has 1 atom stereocenters. The van der Waals surface area contributed by atoms with Gasteiger partial charge in [0.1, 0.15) is 6.04 Å². The van der Waals surface area contributed by atoms with Crippen LogP contribution in [0.2, 0.25) is 0 Å². The monoisotopic (exact) mass is 372 g/mol. The van der Waals surface area contributed by atoms with Gasteiger partial charge in [0.15, 0.2) is 4.80 Å². The number of carbonyl (C=O) groups excluding carboxylic acids is 1. The summed E-state index contributed by atoms with van der Waals surface area (Å²) in [4.78, 5) is 28.3. The van der Waals surface area contributed by atoms with Crippen LogP contribution in [0, 0.1) is 13.8 Å². The van der Waals surface area contributed by atoms with Crippen molar-refractivity contribution in [1.29, 1.82) is 0 Å². The third-order valence-electron chi connectivity index (χ3n) is 3.70. The van der Waals surface area contributed by atoms with Gasteiger partial charge in [-0.2, -0.15) is 18.2 Å². The van der Waals surface area contributed by atoms with Crippen LogP contribution in [0.1, 0.15) is 39.5 Å². The molecule has 1 unspecified atom stereocenters. The van der Waals surface area contributed by atoms with E-state index in [2.05, 4.69) is 4.99 Å². The Morgan fingerprint density at radius 2 is 1.92 bits per heavy atom. The Balaban J connectivity index is 2.53. The molecule has 0 aliphatic heterocycles. The molecule has 0 bridgehead atoms. The maximum Gasteiger partial charge on any atom is 0.416 e. The van der Waals surface area contributed by atoms with Crippen molar-refractivity contribution >= 4 is 23.2 Å². The zero-order chi connectivity index (χ0) is 18.9. The average Bonchev–Trinajstić information content (AvgIpc) is 2.80. The third kappa shape index (κ3) is 3.98. The minimum atomic E-state index is -4.57. The Hall–Kier alpha value is -2.42. The van der Waals surface area contributed by atoms with E-state index in [9.17, 15) is 27.9 Å². The lowest BCUT2D eigenvalue weighted by Crippen LogP contribution is -2.26. The number of carboxylic acid groups (broad SMARTS) is 1. The molecule has 1 amide bonds. The Kier molecular flexibility index (Phi) is 5.17. The van der Waals surface area contributed by atoms with E-state index in [-0.39, 0.29) is 10.4 Å². The van der Waals surface area contributed by atoms with Gasteiger partial charge in [0.2, 0.25) is 0 Å². The fourth-order valence-corrected chi connectivity index (χ4v) is 3.24. The van der Waals surface area contributed by atoms with E-state index in [1.54, 1.807) is 13.8 Å². The molecule has 0 saturated heterocycles. The van der Waals surface area contributed by atoms with Crippen molar-refractivity contribution < 1.29 is 27.9 Å². The molecule has 0 spiro atoms. The van der Waals surface area contributed by atoms with E-state index in [0.717, 1.165) is 34.4 Å². The van der Waals surface area contributed by atoms with E-state index in [4.69, 9.17) is 0 Å². The van der Waals surface area contributed by atoms with Crippen LogP contribution >= 0.6 is 11.3 Å². The average molecular weight is 372 g/mol. The maximum atomic E-state index is 12.8. The molecule has 1 heterocycles. The topological polar surface area (TPSA) is 71.7 Å². The van der Waals surface area contributed by atoms with Gasteiger partial charge in [-0.05, 0) is 39.0 Å². The zero-order valence-electron chi connectivity index (χ0n) is 13.6. The number of halogens is 3. The number of carboxylic acids is 1. The van der Waals surface area contributed by atoms with E-state index < -0.39 is 29.7 Å². The predicted molar refractivity (Wildman–Crippen MR) is 85.5 cm³/mol. The normalized spacial score (nSPS) is 13.8. The number of rotatable bonds is 3. The fourth-order valence-electron chi connectivity index (χ4n) is 2.20. The lowest BCUT2D eigenvalue weighted by atomic mass is 10.1. The number of benzene rings is 1. The number of hydrogen-bond acceptors (Lipinski definition) is 3. The lowest BCUT2D eigenvalue weighted by Gasteiger charge is -2.11. The van der Waals surface area contributed by atoms with Crippen LogP contribution < -0.4 is 4.80 Å². The minimum Gasteiger partial charge on any atom is -0.480 e. The van der Waals surface area contributed by atoms with Gasteiger partial charge in [0.05, 0.1) is 5.56 Å².